The fourth-order valence-electron chi connectivity index (χ4n) is 2.90. The maximum absolute atomic E-state index is 12.5. The molecule has 1 aromatic rings. The normalized spacial score (nSPS) is 24.0. The Balaban J connectivity index is 1.48. The van der Waals surface area contributed by atoms with Gasteiger partial charge in [-0.2, -0.15) is 11.8 Å². The number of benzene rings is 1. The van der Waals surface area contributed by atoms with E-state index >= 15 is 0 Å². The third-order valence-corrected chi connectivity index (χ3v) is 5.24. The summed E-state index contributed by atoms with van der Waals surface area (Å²) in [6.45, 7) is 3.66. The van der Waals surface area contributed by atoms with Crippen molar-refractivity contribution in [1.29, 1.82) is 0 Å². The van der Waals surface area contributed by atoms with Crippen molar-refractivity contribution in [1.82, 2.24) is 15.8 Å². The largest absolute Gasteiger partial charge is 0.492 e. The lowest BCUT2D eigenvalue weighted by Gasteiger charge is -2.28. The summed E-state index contributed by atoms with van der Waals surface area (Å²) in [6.07, 6.45) is 0.703. The van der Waals surface area contributed by atoms with Crippen LogP contribution in [0.2, 0.25) is 0 Å². The topological polar surface area (TPSA) is 70.7 Å². The van der Waals surface area contributed by atoms with Crippen LogP contribution >= 0.6 is 11.8 Å². The van der Waals surface area contributed by atoms with E-state index in [1.54, 1.807) is 12.1 Å². The molecule has 2 atom stereocenters. The average Bonchev–Trinajstić information content (AvgIpc) is 3.09. The van der Waals surface area contributed by atoms with E-state index in [1.807, 2.05) is 28.8 Å². The highest BCUT2D eigenvalue weighted by molar-refractivity contribution is 7.99. The molecular formula is C17H23N3O3S. The minimum atomic E-state index is -0.190. The minimum Gasteiger partial charge on any atom is -0.492 e. The van der Waals surface area contributed by atoms with E-state index in [1.165, 1.54) is 6.92 Å². The van der Waals surface area contributed by atoms with Gasteiger partial charge in [-0.15, -0.1) is 0 Å². The first-order valence-electron chi connectivity index (χ1n) is 8.25. The number of carbonyl (C=O) groups is 2. The molecule has 1 amide bonds. The van der Waals surface area contributed by atoms with E-state index < -0.39 is 0 Å². The number of nitrogens with one attached hydrogen (secondary N) is 2. The lowest BCUT2D eigenvalue weighted by atomic mass is 10.1. The van der Waals surface area contributed by atoms with Gasteiger partial charge >= 0.3 is 0 Å². The molecule has 2 aliphatic heterocycles. The number of Topliss-reactive ketones (excluding diaryl/α,β-unsaturated/α-hetero) is 1. The van der Waals surface area contributed by atoms with Crippen LogP contribution < -0.4 is 15.6 Å². The number of nitrogens with zero attached hydrogens (tertiary/aromatic N) is 1. The molecule has 2 aliphatic rings. The second kappa shape index (κ2) is 8.00. The monoisotopic (exact) mass is 349 g/mol. The summed E-state index contributed by atoms with van der Waals surface area (Å²) in [4.78, 5) is 25.8. The zero-order valence-corrected chi connectivity index (χ0v) is 14.6. The third kappa shape index (κ3) is 4.28. The Morgan fingerprint density at radius 1 is 1.29 bits per heavy atom. The van der Waals surface area contributed by atoms with Gasteiger partial charge in [-0.1, -0.05) is 12.1 Å². The second-order valence-corrected chi connectivity index (χ2v) is 7.33. The summed E-state index contributed by atoms with van der Waals surface area (Å²) in [5.41, 5.74) is 6.87. The summed E-state index contributed by atoms with van der Waals surface area (Å²) in [5, 5.41) is 0. The van der Waals surface area contributed by atoms with Crippen molar-refractivity contribution in [2.45, 2.75) is 25.4 Å². The smallest absolute Gasteiger partial charge is 0.241 e. The number of carbonyl (C=O) groups excluding carboxylic acids is 2. The molecule has 2 saturated heterocycles. The molecular weight excluding hydrogens is 326 g/mol. The van der Waals surface area contributed by atoms with Crippen LogP contribution in [0.1, 0.15) is 23.7 Å². The van der Waals surface area contributed by atoms with Gasteiger partial charge < -0.3 is 9.64 Å². The molecule has 130 valence electrons. The van der Waals surface area contributed by atoms with Crippen LogP contribution in [0.4, 0.5) is 0 Å². The van der Waals surface area contributed by atoms with Gasteiger partial charge in [0.2, 0.25) is 5.91 Å². The van der Waals surface area contributed by atoms with Gasteiger partial charge in [0.15, 0.2) is 5.78 Å². The van der Waals surface area contributed by atoms with Gasteiger partial charge in [-0.25, -0.2) is 5.43 Å². The molecule has 0 bridgehead atoms. The molecule has 2 N–H and O–H groups in total. The Labute approximate surface area is 146 Å². The van der Waals surface area contributed by atoms with E-state index in [-0.39, 0.29) is 23.8 Å². The zero-order chi connectivity index (χ0) is 16.9. The van der Waals surface area contributed by atoms with E-state index in [9.17, 15) is 9.59 Å². The molecule has 0 aliphatic carbocycles. The first kappa shape index (κ1) is 17.3. The summed E-state index contributed by atoms with van der Waals surface area (Å²) in [7, 11) is 0. The van der Waals surface area contributed by atoms with Crippen LogP contribution in [0.5, 0.6) is 5.75 Å². The minimum absolute atomic E-state index is 0.0199. The van der Waals surface area contributed by atoms with Gasteiger partial charge in [0.25, 0.3) is 0 Å². The van der Waals surface area contributed by atoms with E-state index in [0.717, 1.165) is 24.6 Å². The van der Waals surface area contributed by atoms with Gasteiger partial charge in [-0.05, 0) is 25.5 Å². The van der Waals surface area contributed by atoms with E-state index in [2.05, 4.69) is 10.9 Å². The molecule has 3 rings (SSSR count). The first-order chi connectivity index (χ1) is 11.6. The molecule has 7 heteroatoms. The van der Waals surface area contributed by atoms with Crippen molar-refractivity contribution in [3.8, 4) is 5.75 Å². The molecule has 2 heterocycles. The SMILES string of the molecule is CC(=O)c1cccc(OCC2CC(C(=O)N3CCSCC3)NN2)c1. The highest BCUT2D eigenvalue weighted by Gasteiger charge is 2.32. The van der Waals surface area contributed by atoms with Crippen LogP contribution in [0.3, 0.4) is 0 Å². The summed E-state index contributed by atoms with van der Waals surface area (Å²) in [5.74, 6) is 2.90. The van der Waals surface area contributed by atoms with Crippen LogP contribution in [0, 0.1) is 0 Å². The van der Waals surface area contributed by atoms with Gasteiger partial charge in [-0.3, -0.25) is 15.0 Å². The van der Waals surface area contributed by atoms with Crippen LogP contribution in [-0.2, 0) is 4.79 Å². The average molecular weight is 349 g/mol. The maximum Gasteiger partial charge on any atom is 0.241 e. The predicted molar refractivity (Wildman–Crippen MR) is 94.3 cm³/mol. The number of amides is 1. The van der Waals surface area contributed by atoms with Crippen molar-refractivity contribution in [2.24, 2.45) is 0 Å². The van der Waals surface area contributed by atoms with Crippen molar-refractivity contribution < 1.29 is 14.3 Å². The summed E-state index contributed by atoms with van der Waals surface area (Å²) < 4.78 is 5.77. The Kier molecular flexibility index (Phi) is 5.76. The Morgan fingerprint density at radius 2 is 2.08 bits per heavy atom. The highest BCUT2D eigenvalue weighted by Crippen LogP contribution is 2.17. The van der Waals surface area contributed by atoms with Gasteiger partial charge in [0, 0.05) is 30.2 Å². The highest BCUT2D eigenvalue weighted by atomic mass is 32.2. The first-order valence-corrected chi connectivity index (χ1v) is 9.40. The molecule has 1 aromatic carbocycles. The van der Waals surface area contributed by atoms with E-state index in [0.29, 0.717) is 24.3 Å². The standard InChI is InChI=1S/C17H23N3O3S/c1-12(21)13-3-2-4-15(9-13)23-11-14-10-16(19-18-14)17(22)20-5-7-24-8-6-20/h2-4,9,14,16,18-19H,5-8,10-11H2,1H3. The van der Waals surface area contributed by atoms with Gasteiger partial charge in [0.05, 0.1) is 6.04 Å². The van der Waals surface area contributed by atoms with Crippen molar-refractivity contribution >= 4 is 23.5 Å². The number of ketones is 1. The zero-order valence-electron chi connectivity index (χ0n) is 13.8. The maximum atomic E-state index is 12.5. The molecule has 6 nitrogen and oxygen atoms in total. The number of ether oxygens (including phenoxy) is 1. The number of hydrogen-bond acceptors (Lipinski definition) is 6. The predicted octanol–water partition coefficient (Wildman–Crippen LogP) is 1.08. The quantitative estimate of drug-likeness (QED) is 0.775. The lowest BCUT2D eigenvalue weighted by Crippen LogP contribution is -2.48. The van der Waals surface area contributed by atoms with Crippen LogP contribution in [0.25, 0.3) is 0 Å². The van der Waals surface area contributed by atoms with Crippen molar-refractivity contribution in [3.63, 3.8) is 0 Å². The number of hydrazine groups is 1. The Bertz CT molecular complexity index is 604. The fraction of sp³-hybridized carbons (Fsp3) is 0.529. The Morgan fingerprint density at radius 3 is 2.83 bits per heavy atom. The molecule has 0 aromatic heterocycles. The lowest BCUT2D eigenvalue weighted by molar-refractivity contribution is -0.132. The Hall–Kier alpha value is -1.57. The van der Waals surface area contributed by atoms with Crippen molar-refractivity contribution in [2.75, 3.05) is 31.2 Å². The summed E-state index contributed by atoms with van der Waals surface area (Å²) in [6, 6.07) is 7.05. The second-order valence-electron chi connectivity index (χ2n) is 6.11. The number of hydrogen-bond donors (Lipinski definition) is 2. The van der Waals surface area contributed by atoms with Gasteiger partial charge in [0.1, 0.15) is 18.4 Å². The van der Waals surface area contributed by atoms with Crippen LogP contribution in [-0.4, -0.2) is 59.9 Å². The fourth-order valence-corrected chi connectivity index (χ4v) is 3.80. The molecule has 0 spiro atoms. The van der Waals surface area contributed by atoms with Crippen molar-refractivity contribution in [3.05, 3.63) is 29.8 Å². The number of rotatable bonds is 5. The van der Waals surface area contributed by atoms with Crippen LogP contribution in [0.15, 0.2) is 24.3 Å². The molecule has 2 unspecified atom stereocenters. The molecule has 0 radical (unpaired) electrons. The molecule has 24 heavy (non-hydrogen) atoms. The number of thioether (sulfide) groups is 1. The van der Waals surface area contributed by atoms with E-state index in [4.69, 9.17) is 4.74 Å². The molecule has 0 saturated carbocycles. The third-order valence-electron chi connectivity index (χ3n) is 4.29. The molecule has 2 fully saturated rings. The summed E-state index contributed by atoms with van der Waals surface area (Å²) >= 11 is 1.89.